The molecule has 2 atom stereocenters. The van der Waals surface area contributed by atoms with E-state index >= 15 is 0 Å². The number of hydrogen-bond donors (Lipinski definition) is 0. The monoisotopic (exact) mass is 551 g/mol. The first-order valence-electron chi connectivity index (χ1n) is 16.1. The average molecular weight is 551 g/mol. The number of anilines is 3. The van der Waals surface area contributed by atoms with Gasteiger partial charge in [0.15, 0.2) is 0 Å². The third-order valence-electron chi connectivity index (χ3n) is 11.6. The molecule has 0 amide bonds. The molecule has 0 bridgehead atoms. The molecule has 0 N–H and O–H groups in total. The molecular weight excluding hydrogens is 516 g/mol. The summed E-state index contributed by atoms with van der Waals surface area (Å²) in [4.78, 5) is 2.56. The smallest absolute Gasteiger partial charge is 0.247 e. The molecule has 0 radical (unpaired) electrons. The van der Waals surface area contributed by atoms with Gasteiger partial charge in [-0.1, -0.05) is 124 Å². The van der Waals surface area contributed by atoms with Crippen molar-refractivity contribution in [2.24, 2.45) is 5.41 Å². The van der Waals surface area contributed by atoms with Gasteiger partial charge in [0.05, 0.1) is 0 Å². The van der Waals surface area contributed by atoms with E-state index < -0.39 is 0 Å². The van der Waals surface area contributed by atoms with Crippen molar-refractivity contribution in [2.75, 3.05) is 4.90 Å². The van der Waals surface area contributed by atoms with Gasteiger partial charge in [0.1, 0.15) is 0 Å². The van der Waals surface area contributed by atoms with Gasteiger partial charge in [-0.25, -0.2) is 0 Å². The third-order valence-corrected chi connectivity index (χ3v) is 11.6. The molecule has 43 heavy (non-hydrogen) atoms. The molecule has 0 saturated heterocycles. The molecule has 4 aromatic rings. The lowest BCUT2D eigenvalue weighted by atomic mass is 9.30. The van der Waals surface area contributed by atoms with Crippen molar-refractivity contribution >= 4 is 57.8 Å². The second kappa shape index (κ2) is 8.68. The topological polar surface area (TPSA) is 3.24 Å². The van der Waals surface area contributed by atoms with Crippen LogP contribution < -0.4 is 32.2 Å². The van der Waals surface area contributed by atoms with Gasteiger partial charge in [0, 0.05) is 28.1 Å². The lowest BCUT2D eigenvalue weighted by Crippen LogP contribution is -2.63. The highest BCUT2D eigenvalue weighted by Gasteiger charge is 2.50. The molecule has 0 aromatic heterocycles. The molecule has 3 aliphatic carbocycles. The van der Waals surface area contributed by atoms with E-state index in [0.29, 0.717) is 5.41 Å². The molecule has 1 saturated carbocycles. The zero-order valence-electron chi connectivity index (χ0n) is 25.5. The third kappa shape index (κ3) is 3.27. The minimum absolute atomic E-state index is 0.158. The van der Waals surface area contributed by atoms with Crippen LogP contribution in [-0.4, -0.2) is 13.4 Å². The summed E-state index contributed by atoms with van der Waals surface area (Å²) in [6, 6.07) is 32.6. The fourth-order valence-electron chi connectivity index (χ4n) is 8.73. The van der Waals surface area contributed by atoms with E-state index in [1.165, 1.54) is 79.4 Å². The number of hydrogen-bond acceptors (Lipinski definition) is 1. The molecule has 3 heteroatoms. The predicted molar refractivity (Wildman–Crippen MR) is 185 cm³/mol. The van der Waals surface area contributed by atoms with Gasteiger partial charge in [-0.15, -0.1) is 5.73 Å². The van der Waals surface area contributed by atoms with Crippen molar-refractivity contribution in [3.05, 3.63) is 137 Å². The van der Waals surface area contributed by atoms with Crippen LogP contribution in [0.3, 0.4) is 0 Å². The summed E-state index contributed by atoms with van der Waals surface area (Å²) in [6.45, 7) is 9.74. The fraction of sp³-hybridized carbons (Fsp3) is 0.225. The summed E-state index contributed by atoms with van der Waals surface area (Å²) in [5, 5.41) is 0. The highest BCUT2D eigenvalue weighted by Crippen LogP contribution is 2.60. The van der Waals surface area contributed by atoms with Crippen molar-refractivity contribution < 1.29 is 0 Å². The predicted octanol–water partition coefficient (Wildman–Crippen LogP) is 6.05. The van der Waals surface area contributed by atoms with Gasteiger partial charge in [0.2, 0.25) is 13.4 Å². The zero-order chi connectivity index (χ0) is 29.1. The molecule has 9 rings (SSSR count). The number of fused-ring (bicyclic) bond motifs is 6. The zero-order valence-corrected chi connectivity index (χ0v) is 25.5. The van der Waals surface area contributed by atoms with E-state index in [4.69, 9.17) is 0 Å². The van der Waals surface area contributed by atoms with E-state index in [1.807, 2.05) is 0 Å². The van der Waals surface area contributed by atoms with Gasteiger partial charge >= 0.3 is 0 Å². The molecule has 2 aliphatic heterocycles. The summed E-state index contributed by atoms with van der Waals surface area (Å²) in [7, 11) is 0. The van der Waals surface area contributed by atoms with Gasteiger partial charge in [-0.3, -0.25) is 0 Å². The number of para-hydroxylation sites is 3. The van der Waals surface area contributed by atoms with E-state index in [2.05, 4.69) is 141 Å². The Morgan fingerprint density at radius 1 is 0.744 bits per heavy atom. The summed E-state index contributed by atoms with van der Waals surface area (Å²) in [5.41, 5.74) is 22.4. The van der Waals surface area contributed by atoms with E-state index in [0.717, 1.165) is 6.42 Å². The lowest BCUT2D eigenvalue weighted by Gasteiger charge is -2.44. The van der Waals surface area contributed by atoms with Crippen molar-refractivity contribution in [1.82, 2.24) is 0 Å². The molecule has 2 unspecified atom stereocenters. The number of nitrogens with zero attached hydrogens (tertiary/aromatic N) is 1. The van der Waals surface area contributed by atoms with E-state index in [-0.39, 0.29) is 18.8 Å². The van der Waals surface area contributed by atoms with Crippen LogP contribution in [0, 0.1) is 5.41 Å². The molecule has 1 fully saturated rings. The first kappa shape index (κ1) is 25.3. The van der Waals surface area contributed by atoms with Crippen LogP contribution >= 0.6 is 0 Å². The van der Waals surface area contributed by atoms with Crippen molar-refractivity contribution in [3.8, 4) is 0 Å². The van der Waals surface area contributed by atoms with Gasteiger partial charge in [-0.05, 0) is 81.4 Å². The summed E-state index contributed by atoms with van der Waals surface area (Å²) < 4.78 is 0. The molecule has 5 aliphatic rings. The highest BCUT2D eigenvalue weighted by atomic mass is 15.2. The molecule has 1 nitrogen and oxygen atoms in total. The molecule has 2 heterocycles. The van der Waals surface area contributed by atoms with E-state index in [1.54, 1.807) is 5.56 Å². The Bertz CT molecular complexity index is 2020. The van der Waals surface area contributed by atoms with Gasteiger partial charge < -0.3 is 4.90 Å². The Kier molecular flexibility index (Phi) is 5.11. The molecule has 0 spiro atoms. The second-order valence-corrected chi connectivity index (χ2v) is 13.7. The number of benzene rings is 4. The number of rotatable bonds is 4. The quantitative estimate of drug-likeness (QED) is 0.194. The summed E-state index contributed by atoms with van der Waals surface area (Å²) in [5.74, 6) is 0. The van der Waals surface area contributed by atoms with Crippen LogP contribution in [0.25, 0.3) is 0 Å². The normalized spacial score (nSPS) is 23.4. The Labute approximate surface area is 256 Å². The molecule has 4 aromatic carbocycles. The number of allylic oxidation sites excluding steroid dienone is 5. The summed E-state index contributed by atoms with van der Waals surface area (Å²) in [6.07, 6.45) is 10.5. The second-order valence-electron chi connectivity index (χ2n) is 13.7. The average Bonchev–Trinajstić information content (AvgIpc) is 3.69. The van der Waals surface area contributed by atoms with Crippen LogP contribution in [0.2, 0.25) is 0 Å². The van der Waals surface area contributed by atoms with Crippen LogP contribution in [0.4, 0.5) is 17.1 Å². The van der Waals surface area contributed by atoms with Crippen molar-refractivity contribution in [3.63, 3.8) is 0 Å². The van der Waals surface area contributed by atoms with Crippen LogP contribution in [0.1, 0.15) is 51.7 Å². The Balaban J connectivity index is 1.26. The standard InChI is InChI=1S/C40H35B2N/c1-5-39(3)25-26-24-28(20-21-29(26)39)42-33-13-8-10-17-37(33)43-36-16-9-7-12-32(36)41(34-14-11-15-35(42)38(34)43)27-18-22-30-31(23-19-27)40(30,4)6-2/h7-22,24H,5-6,25H2,1-4H3. The van der Waals surface area contributed by atoms with Crippen LogP contribution in [-0.2, 0) is 11.8 Å². The first-order valence-corrected chi connectivity index (χ1v) is 16.1. The minimum atomic E-state index is 0.158. The highest BCUT2D eigenvalue weighted by molar-refractivity contribution is 7.00. The fourth-order valence-corrected chi connectivity index (χ4v) is 8.73. The van der Waals surface area contributed by atoms with Gasteiger partial charge in [0.25, 0.3) is 0 Å². The lowest BCUT2D eigenvalue weighted by molar-refractivity contribution is 0.395. The Morgan fingerprint density at radius 2 is 1.42 bits per heavy atom. The van der Waals surface area contributed by atoms with Crippen molar-refractivity contribution in [2.45, 2.75) is 52.4 Å². The largest absolute Gasteiger partial charge is 0.313 e. The molecule has 206 valence electrons. The van der Waals surface area contributed by atoms with Gasteiger partial charge in [-0.2, -0.15) is 0 Å². The molecular formula is C40H35B2N. The first-order chi connectivity index (χ1) is 21.0. The van der Waals surface area contributed by atoms with Crippen LogP contribution in [0.5, 0.6) is 0 Å². The minimum Gasteiger partial charge on any atom is -0.313 e. The Hall–Kier alpha value is -4.19. The Morgan fingerprint density at radius 3 is 2.12 bits per heavy atom. The maximum Gasteiger partial charge on any atom is 0.247 e. The SMILES string of the molecule is CCC1(C)C2=C=CC(B3c4ccccc4N4c5ccccc5B(c5ccc6c(c5)CC6(C)CC)c5cccc3c54)=CC=C21. The van der Waals surface area contributed by atoms with E-state index in [9.17, 15) is 0 Å². The summed E-state index contributed by atoms with van der Waals surface area (Å²) >= 11 is 0. The van der Waals surface area contributed by atoms with Crippen LogP contribution in [0.15, 0.2) is 126 Å². The maximum atomic E-state index is 3.74. The maximum absolute atomic E-state index is 3.74. The van der Waals surface area contributed by atoms with Crippen molar-refractivity contribution in [1.29, 1.82) is 0 Å².